The van der Waals surface area contributed by atoms with Gasteiger partial charge in [-0.15, -0.1) is 0 Å². The van der Waals surface area contributed by atoms with Crippen LogP contribution in [0.2, 0.25) is 0 Å². The summed E-state index contributed by atoms with van der Waals surface area (Å²) >= 11 is 0. The van der Waals surface area contributed by atoms with Gasteiger partial charge in [0.15, 0.2) is 12.6 Å². The highest BCUT2D eigenvalue weighted by Crippen LogP contribution is 2.26. The Kier molecular flexibility index (Phi) is 8.98. The minimum atomic E-state index is -1.60. The summed E-state index contributed by atoms with van der Waals surface area (Å²) in [6, 6.07) is 0. The number of aliphatic hydroxyl groups excluding tert-OH is 7. The first-order valence-corrected chi connectivity index (χ1v) is 9.40. The number of ether oxygens (including phenoxy) is 4. The van der Waals surface area contributed by atoms with E-state index < -0.39 is 68.0 Å². The predicted octanol–water partition coefficient (Wildman–Crippen LogP) is -3.33. The van der Waals surface area contributed by atoms with Crippen LogP contribution in [0.15, 0.2) is 0 Å². The Labute approximate surface area is 163 Å². The first-order valence-electron chi connectivity index (χ1n) is 9.40. The number of hydrogen-bond acceptors (Lipinski definition) is 11. The predicted molar refractivity (Wildman–Crippen MR) is 91.8 cm³/mol. The van der Waals surface area contributed by atoms with Crippen LogP contribution in [-0.2, 0) is 18.9 Å². The topological polar surface area (TPSA) is 179 Å². The van der Waals surface area contributed by atoms with Crippen molar-refractivity contribution in [1.82, 2.24) is 0 Å². The third-order valence-corrected chi connectivity index (χ3v) is 4.92. The summed E-state index contributed by atoms with van der Waals surface area (Å²) in [6.07, 6.45) is -13.4. The van der Waals surface area contributed by atoms with Crippen LogP contribution >= 0.6 is 0 Å². The van der Waals surface area contributed by atoms with Crippen molar-refractivity contribution in [2.24, 2.45) is 5.92 Å². The molecule has 0 bridgehead atoms. The van der Waals surface area contributed by atoms with Gasteiger partial charge in [-0.05, 0) is 12.3 Å². The van der Waals surface area contributed by atoms with Gasteiger partial charge in [-0.1, -0.05) is 13.8 Å². The highest BCUT2D eigenvalue weighted by Gasteiger charge is 2.47. The average molecular weight is 412 g/mol. The Morgan fingerprint density at radius 3 is 1.75 bits per heavy atom. The van der Waals surface area contributed by atoms with Crippen LogP contribution in [0.25, 0.3) is 0 Å². The standard InChI is InChI=1S/C17H32O11/c1-7(2)3-4-25-16-14(23)13(22)11(20)9(28-16)6-26-17-15(24)12(21)10(19)8(5-18)27-17/h7-24H,3-6H2,1-2H3/t8-,9-,10-,11-,12+,13+,14-,15-,16-,17-/m1/s1. The third-order valence-electron chi connectivity index (χ3n) is 4.92. The minimum absolute atomic E-state index is 0.280. The Hall–Kier alpha value is -0.440. The zero-order chi connectivity index (χ0) is 21.0. The summed E-state index contributed by atoms with van der Waals surface area (Å²) < 4.78 is 21.5. The van der Waals surface area contributed by atoms with Crippen LogP contribution < -0.4 is 0 Å². The number of hydrogen-bond donors (Lipinski definition) is 7. The van der Waals surface area contributed by atoms with Crippen molar-refractivity contribution in [3.05, 3.63) is 0 Å². The molecule has 166 valence electrons. The van der Waals surface area contributed by atoms with Crippen LogP contribution in [-0.4, -0.2) is 117 Å². The van der Waals surface area contributed by atoms with E-state index in [1.165, 1.54) is 0 Å². The van der Waals surface area contributed by atoms with Gasteiger partial charge in [-0.3, -0.25) is 0 Å². The molecule has 2 aliphatic heterocycles. The normalized spacial score (nSPS) is 44.8. The first-order chi connectivity index (χ1) is 13.2. The van der Waals surface area contributed by atoms with Crippen molar-refractivity contribution in [3.8, 4) is 0 Å². The van der Waals surface area contributed by atoms with Gasteiger partial charge in [0.25, 0.3) is 0 Å². The van der Waals surface area contributed by atoms with E-state index in [-0.39, 0.29) is 13.2 Å². The lowest BCUT2D eigenvalue weighted by atomic mass is 9.98. The zero-order valence-electron chi connectivity index (χ0n) is 15.9. The quantitative estimate of drug-likeness (QED) is 0.212. The van der Waals surface area contributed by atoms with Gasteiger partial charge in [0, 0.05) is 0 Å². The molecule has 2 saturated heterocycles. The van der Waals surface area contributed by atoms with E-state index in [2.05, 4.69) is 0 Å². The van der Waals surface area contributed by atoms with Crippen molar-refractivity contribution in [2.75, 3.05) is 19.8 Å². The van der Waals surface area contributed by atoms with Gasteiger partial charge in [0.2, 0.25) is 0 Å². The van der Waals surface area contributed by atoms with Gasteiger partial charge in [0.05, 0.1) is 19.8 Å². The molecule has 0 aliphatic carbocycles. The number of aliphatic hydroxyl groups is 7. The second kappa shape index (κ2) is 10.5. The van der Waals surface area contributed by atoms with Crippen LogP contribution in [0.3, 0.4) is 0 Å². The third kappa shape index (κ3) is 5.58. The fourth-order valence-corrected chi connectivity index (χ4v) is 3.01. The van der Waals surface area contributed by atoms with E-state index in [9.17, 15) is 35.7 Å². The van der Waals surface area contributed by atoms with E-state index in [0.29, 0.717) is 12.3 Å². The largest absolute Gasteiger partial charge is 0.394 e. The van der Waals surface area contributed by atoms with E-state index in [1.54, 1.807) is 0 Å². The molecule has 7 N–H and O–H groups in total. The molecule has 2 aliphatic rings. The van der Waals surface area contributed by atoms with Gasteiger partial charge < -0.3 is 54.7 Å². The molecule has 0 saturated carbocycles. The minimum Gasteiger partial charge on any atom is -0.394 e. The summed E-state index contributed by atoms with van der Waals surface area (Å²) in [6.45, 7) is 3.29. The molecule has 11 nitrogen and oxygen atoms in total. The zero-order valence-corrected chi connectivity index (χ0v) is 15.9. The molecule has 0 radical (unpaired) electrons. The van der Waals surface area contributed by atoms with E-state index in [0.717, 1.165) is 0 Å². The number of rotatable bonds is 8. The van der Waals surface area contributed by atoms with Crippen molar-refractivity contribution < 1.29 is 54.7 Å². The molecule has 2 rings (SSSR count). The van der Waals surface area contributed by atoms with Gasteiger partial charge >= 0.3 is 0 Å². The molecular weight excluding hydrogens is 380 g/mol. The highest BCUT2D eigenvalue weighted by atomic mass is 16.7. The summed E-state index contributed by atoms with van der Waals surface area (Å²) in [5.41, 5.74) is 0. The van der Waals surface area contributed by atoms with E-state index >= 15 is 0 Å². The molecule has 10 atom stereocenters. The Balaban J connectivity index is 1.93. The van der Waals surface area contributed by atoms with Crippen LogP contribution in [0, 0.1) is 5.92 Å². The molecule has 28 heavy (non-hydrogen) atoms. The fourth-order valence-electron chi connectivity index (χ4n) is 3.01. The van der Waals surface area contributed by atoms with Crippen molar-refractivity contribution in [3.63, 3.8) is 0 Å². The monoisotopic (exact) mass is 412 g/mol. The smallest absolute Gasteiger partial charge is 0.186 e. The Morgan fingerprint density at radius 2 is 1.21 bits per heavy atom. The SMILES string of the molecule is CC(C)CCO[C@@H]1O[C@H](CO[C@@H]2O[C@H](CO)[C@@H](O)[C@H](O)[C@H]2O)[C@@H](O)[C@H](O)[C@H]1O. The lowest BCUT2D eigenvalue weighted by Gasteiger charge is -2.42. The molecule has 0 unspecified atom stereocenters. The van der Waals surface area contributed by atoms with Crippen molar-refractivity contribution in [2.45, 2.75) is 81.7 Å². The maximum Gasteiger partial charge on any atom is 0.186 e. The average Bonchev–Trinajstić information content (AvgIpc) is 2.66. The van der Waals surface area contributed by atoms with Gasteiger partial charge in [-0.2, -0.15) is 0 Å². The molecule has 2 fully saturated rings. The highest BCUT2D eigenvalue weighted by molar-refractivity contribution is 4.91. The second-order valence-corrected chi connectivity index (χ2v) is 7.60. The van der Waals surface area contributed by atoms with Crippen LogP contribution in [0.4, 0.5) is 0 Å². The second-order valence-electron chi connectivity index (χ2n) is 7.60. The van der Waals surface area contributed by atoms with E-state index in [1.807, 2.05) is 13.8 Å². The molecule has 0 amide bonds. The summed E-state index contributed by atoms with van der Waals surface area (Å²) in [5, 5.41) is 68.9. The van der Waals surface area contributed by atoms with Crippen LogP contribution in [0.5, 0.6) is 0 Å². The summed E-state index contributed by atoms with van der Waals surface area (Å²) in [5.74, 6) is 0.363. The Morgan fingerprint density at radius 1 is 0.714 bits per heavy atom. The van der Waals surface area contributed by atoms with Crippen molar-refractivity contribution in [1.29, 1.82) is 0 Å². The molecule has 0 aromatic carbocycles. The van der Waals surface area contributed by atoms with E-state index in [4.69, 9.17) is 18.9 Å². The van der Waals surface area contributed by atoms with Crippen LogP contribution in [0.1, 0.15) is 20.3 Å². The molecular formula is C17H32O11. The Bertz CT molecular complexity index is 462. The fraction of sp³-hybridized carbons (Fsp3) is 1.00. The lowest BCUT2D eigenvalue weighted by molar-refractivity contribution is -0.331. The first kappa shape index (κ1) is 23.8. The molecule has 0 spiro atoms. The lowest BCUT2D eigenvalue weighted by Crippen LogP contribution is -2.61. The van der Waals surface area contributed by atoms with Gasteiger partial charge in [0.1, 0.15) is 48.8 Å². The molecule has 2 heterocycles. The van der Waals surface area contributed by atoms with Crippen molar-refractivity contribution >= 4 is 0 Å². The summed E-state index contributed by atoms with van der Waals surface area (Å²) in [7, 11) is 0. The molecule has 0 aromatic rings. The maximum atomic E-state index is 10.1. The van der Waals surface area contributed by atoms with Gasteiger partial charge in [-0.25, -0.2) is 0 Å². The maximum absolute atomic E-state index is 10.1. The molecule has 11 heteroatoms. The molecule has 0 aromatic heterocycles. The summed E-state index contributed by atoms with van der Waals surface area (Å²) in [4.78, 5) is 0.